The van der Waals surface area contributed by atoms with Gasteiger partial charge in [0.05, 0.1) is 5.69 Å². The van der Waals surface area contributed by atoms with Crippen molar-refractivity contribution in [2.75, 3.05) is 14.1 Å². The highest BCUT2D eigenvalue weighted by Gasteiger charge is 2.31. The first-order valence-corrected chi connectivity index (χ1v) is 10.4. The fourth-order valence-electron chi connectivity index (χ4n) is 3.75. The zero-order chi connectivity index (χ0) is 22.9. The average Bonchev–Trinajstić information content (AvgIpc) is 3.01. The molecule has 0 radical (unpaired) electrons. The van der Waals surface area contributed by atoms with Crippen molar-refractivity contribution < 1.29 is 18.4 Å². The molecule has 2 aromatic rings. The minimum atomic E-state index is -0.973. The van der Waals surface area contributed by atoms with Crippen LogP contribution < -0.4 is 10.6 Å². The molecule has 2 heterocycles. The van der Waals surface area contributed by atoms with Crippen LogP contribution in [0.2, 0.25) is 0 Å². The number of nitrogens with zero attached hydrogens (tertiary/aromatic N) is 3. The predicted octanol–water partition coefficient (Wildman–Crippen LogP) is 2.55. The number of carbonyl (C=O) groups is 2. The van der Waals surface area contributed by atoms with Crippen molar-refractivity contribution in [2.45, 2.75) is 52.4 Å². The van der Waals surface area contributed by atoms with E-state index >= 15 is 0 Å². The number of imidazole rings is 1. The maximum atomic E-state index is 13.9. The molecule has 0 bridgehead atoms. The molecule has 0 spiro atoms. The van der Waals surface area contributed by atoms with Crippen molar-refractivity contribution >= 4 is 11.8 Å². The van der Waals surface area contributed by atoms with Gasteiger partial charge < -0.3 is 15.2 Å². The number of hydrogen-bond acceptors (Lipinski definition) is 4. The summed E-state index contributed by atoms with van der Waals surface area (Å²) >= 11 is 0. The molecule has 2 unspecified atom stereocenters. The average molecular weight is 434 g/mol. The topological polar surface area (TPSA) is 79.3 Å². The molecular weight excluding hydrogens is 404 g/mol. The SMILES string of the molecule is CNC(=O)C(NC(=O)c1nc(-c2ccc(F)c(F)c2)n2c1CN(C)C(C)CC2)C(C)C. The Morgan fingerprint density at radius 1 is 1.23 bits per heavy atom. The number of halogens is 2. The maximum absolute atomic E-state index is 13.9. The lowest BCUT2D eigenvalue weighted by Gasteiger charge is -2.22. The van der Waals surface area contributed by atoms with Gasteiger partial charge in [-0.15, -0.1) is 0 Å². The van der Waals surface area contributed by atoms with Crippen molar-refractivity contribution in [1.82, 2.24) is 25.1 Å². The number of hydrogen-bond donors (Lipinski definition) is 2. The molecule has 0 saturated heterocycles. The molecule has 2 atom stereocenters. The largest absolute Gasteiger partial charge is 0.357 e. The van der Waals surface area contributed by atoms with E-state index in [9.17, 15) is 18.4 Å². The van der Waals surface area contributed by atoms with Crippen molar-refractivity contribution in [3.63, 3.8) is 0 Å². The van der Waals surface area contributed by atoms with Gasteiger partial charge in [0.15, 0.2) is 17.3 Å². The first-order valence-electron chi connectivity index (χ1n) is 10.4. The third-order valence-electron chi connectivity index (χ3n) is 5.87. The summed E-state index contributed by atoms with van der Waals surface area (Å²) in [6.07, 6.45) is 0.810. The van der Waals surface area contributed by atoms with E-state index in [0.717, 1.165) is 18.6 Å². The maximum Gasteiger partial charge on any atom is 0.272 e. The van der Waals surface area contributed by atoms with Crippen molar-refractivity contribution in [1.29, 1.82) is 0 Å². The summed E-state index contributed by atoms with van der Waals surface area (Å²) in [6.45, 7) is 6.83. The van der Waals surface area contributed by atoms with Gasteiger partial charge >= 0.3 is 0 Å². The lowest BCUT2D eigenvalue weighted by atomic mass is 10.0. The summed E-state index contributed by atoms with van der Waals surface area (Å²) < 4.78 is 29.3. The van der Waals surface area contributed by atoms with E-state index in [-0.39, 0.29) is 23.6 Å². The highest BCUT2D eigenvalue weighted by molar-refractivity contribution is 5.97. The van der Waals surface area contributed by atoms with Crippen LogP contribution in [0.3, 0.4) is 0 Å². The summed E-state index contributed by atoms with van der Waals surface area (Å²) in [5.41, 5.74) is 1.27. The molecule has 168 valence electrons. The Bertz CT molecular complexity index is 989. The Morgan fingerprint density at radius 2 is 1.94 bits per heavy atom. The predicted molar refractivity (Wildman–Crippen MR) is 113 cm³/mol. The van der Waals surface area contributed by atoms with Crippen LogP contribution in [0.1, 0.15) is 43.4 Å². The summed E-state index contributed by atoms with van der Waals surface area (Å²) in [5.74, 6) is -2.40. The van der Waals surface area contributed by atoms with E-state index in [4.69, 9.17) is 0 Å². The monoisotopic (exact) mass is 433 g/mol. The fourth-order valence-corrected chi connectivity index (χ4v) is 3.75. The van der Waals surface area contributed by atoms with E-state index in [1.165, 1.54) is 13.1 Å². The van der Waals surface area contributed by atoms with Gasteiger partial charge in [-0.05, 0) is 44.5 Å². The second kappa shape index (κ2) is 9.13. The lowest BCUT2D eigenvalue weighted by molar-refractivity contribution is -0.123. The molecule has 31 heavy (non-hydrogen) atoms. The van der Waals surface area contributed by atoms with Crippen molar-refractivity contribution in [2.24, 2.45) is 5.92 Å². The second-order valence-corrected chi connectivity index (χ2v) is 8.37. The Hall–Kier alpha value is -2.81. The van der Waals surface area contributed by atoms with Crippen LogP contribution in [0, 0.1) is 17.6 Å². The van der Waals surface area contributed by atoms with E-state index in [1.54, 1.807) is 0 Å². The first kappa shape index (κ1) is 22.9. The van der Waals surface area contributed by atoms with Gasteiger partial charge in [0, 0.05) is 31.7 Å². The minimum absolute atomic E-state index is 0.126. The van der Waals surface area contributed by atoms with Gasteiger partial charge in [-0.2, -0.15) is 0 Å². The van der Waals surface area contributed by atoms with Crippen LogP contribution in [0.4, 0.5) is 8.78 Å². The Morgan fingerprint density at radius 3 is 2.55 bits per heavy atom. The quantitative estimate of drug-likeness (QED) is 0.760. The molecule has 0 fully saturated rings. The summed E-state index contributed by atoms with van der Waals surface area (Å²) in [4.78, 5) is 32.1. The highest BCUT2D eigenvalue weighted by atomic mass is 19.2. The standard InChI is InChI=1S/C22H29F2N5O2/c1-12(2)18(21(30)25-4)27-22(31)19-17-11-28(5)13(3)8-9-29(17)20(26-19)14-6-7-15(23)16(24)10-14/h6-7,10,12-13,18H,8-9,11H2,1-5H3,(H,25,30)(H,27,31). The van der Waals surface area contributed by atoms with Gasteiger partial charge in [0.25, 0.3) is 5.91 Å². The van der Waals surface area contributed by atoms with Gasteiger partial charge in [0.1, 0.15) is 11.9 Å². The summed E-state index contributed by atoms with van der Waals surface area (Å²) in [6, 6.07) is 3.14. The molecule has 9 heteroatoms. The van der Waals surface area contributed by atoms with E-state index in [0.29, 0.717) is 30.2 Å². The van der Waals surface area contributed by atoms with Crippen LogP contribution >= 0.6 is 0 Å². The van der Waals surface area contributed by atoms with Crippen LogP contribution in [0.25, 0.3) is 11.4 Å². The molecule has 3 rings (SSSR count). The number of amides is 2. The molecule has 1 aromatic carbocycles. The Balaban J connectivity index is 2.08. The lowest BCUT2D eigenvalue weighted by Crippen LogP contribution is -2.49. The summed E-state index contributed by atoms with van der Waals surface area (Å²) in [7, 11) is 3.48. The third kappa shape index (κ3) is 4.61. The minimum Gasteiger partial charge on any atom is -0.357 e. The van der Waals surface area contributed by atoms with Crippen LogP contribution in [-0.4, -0.2) is 52.4 Å². The normalized spacial score (nSPS) is 17.7. The van der Waals surface area contributed by atoms with Crippen LogP contribution in [-0.2, 0) is 17.9 Å². The smallest absolute Gasteiger partial charge is 0.272 e. The Kier molecular flexibility index (Phi) is 6.74. The first-order chi connectivity index (χ1) is 14.6. The Labute approximate surface area is 180 Å². The van der Waals surface area contributed by atoms with Gasteiger partial charge in [-0.1, -0.05) is 13.8 Å². The zero-order valence-corrected chi connectivity index (χ0v) is 18.5. The number of nitrogens with one attached hydrogen (secondary N) is 2. The van der Waals surface area contributed by atoms with Crippen molar-refractivity contribution in [3.05, 3.63) is 41.2 Å². The van der Waals surface area contributed by atoms with Gasteiger partial charge in [-0.3, -0.25) is 14.5 Å². The number of rotatable bonds is 5. The molecule has 1 aliphatic heterocycles. The van der Waals surface area contributed by atoms with Gasteiger partial charge in [0.2, 0.25) is 5.91 Å². The van der Waals surface area contributed by atoms with Gasteiger partial charge in [-0.25, -0.2) is 13.8 Å². The molecule has 1 aliphatic rings. The van der Waals surface area contributed by atoms with E-state index in [1.807, 2.05) is 25.5 Å². The molecule has 0 aliphatic carbocycles. The van der Waals surface area contributed by atoms with E-state index < -0.39 is 23.6 Å². The molecule has 2 amide bonds. The summed E-state index contributed by atoms with van der Waals surface area (Å²) in [5, 5.41) is 5.35. The number of carbonyl (C=O) groups excluding carboxylic acids is 2. The van der Waals surface area contributed by atoms with Crippen LogP contribution in [0.15, 0.2) is 18.2 Å². The number of aromatic nitrogens is 2. The second-order valence-electron chi connectivity index (χ2n) is 8.37. The zero-order valence-electron chi connectivity index (χ0n) is 18.5. The highest BCUT2D eigenvalue weighted by Crippen LogP contribution is 2.28. The number of fused-ring (bicyclic) bond motifs is 1. The molecule has 1 aromatic heterocycles. The van der Waals surface area contributed by atoms with E-state index in [2.05, 4.69) is 27.4 Å². The number of likely N-dealkylation sites (N-methyl/N-ethyl adjacent to an activating group) is 1. The van der Waals surface area contributed by atoms with Crippen LogP contribution in [0.5, 0.6) is 0 Å². The third-order valence-corrected chi connectivity index (χ3v) is 5.87. The van der Waals surface area contributed by atoms with Crippen molar-refractivity contribution in [3.8, 4) is 11.4 Å². The molecular formula is C22H29F2N5O2. The molecule has 2 N–H and O–H groups in total. The molecule has 7 nitrogen and oxygen atoms in total. The number of benzene rings is 1. The molecule has 0 saturated carbocycles. The fraction of sp³-hybridized carbons (Fsp3) is 0.500.